The molecule has 2 N–H and O–H groups in total. The van der Waals surface area contributed by atoms with Crippen molar-refractivity contribution in [2.45, 2.75) is 168 Å². The normalized spacial score (nSPS) is 12.7. The molecule has 0 aliphatic carbocycles. The molecule has 0 bridgehead atoms. The van der Waals surface area contributed by atoms with E-state index in [1.54, 1.807) is 0 Å². The molecule has 0 heterocycles. The van der Waals surface area contributed by atoms with E-state index in [9.17, 15) is 0 Å². The van der Waals surface area contributed by atoms with Gasteiger partial charge in [0.15, 0.2) is 0 Å². The summed E-state index contributed by atoms with van der Waals surface area (Å²) < 4.78 is 0. The zero-order valence-electron chi connectivity index (χ0n) is 20.9. The van der Waals surface area contributed by atoms with Crippen molar-refractivity contribution in [3.05, 3.63) is 0 Å². The van der Waals surface area contributed by atoms with Gasteiger partial charge in [-0.1, -0.05) is 143 Å². The van der Waals surface area contributed by atoms with Crippen LogP contribution in [0.1, 0.15) is 163 Å². The molecule has 0 saturated carbocycles. The Labute approximate surface area is 203 Å². The summed E-state index contributed by atoms with van der Waals surface area (Å²) in [6, 6.07) is 0. The minimum Gasteiger partial charge on any atom is -0.325 e. The van der Waals surface area contributed by atoms with Crippen LogP contribution in [-0.2, 0) is 0 Å². The zero-order chi connectivity index (χ0) is 20.9. The van der Waals surface area contributed by atoms with Gasteiger partial charge in [-0.2, -0.15) is 0 Å². The first-order chi connectivity index (χ1) is 13.6. The highest BCUT2D eigenvalue weighted by Gasteiger charge is 2.30. The van der Waals surface area contributed by atoms with E-state index < -0.39 is 0 Å². The highest BCUT2D eigenvalue weighted by atomic mass is 127. The van der Waals surface area contributed by atoms with Crippen LogP contribution in [0.5, 0.6) is 0 Å². The second-order valence-corrected chi connectivity index (χ2v) is 9.73. The topological polar surface area (TPSA) is 26.0 Å². The van der Waals surface area contributed by atoms with E-state index in [0.717, 1.165) is 0 Å². The fourth-order valence-electron chi connectivity index (χ4n) is 4.61. The summed E-state index contributed by atoms with van der Waals surface area (Å²) >= 11 is 0. The molecule has 0 saturated heterocycles. The predicted molar refractivity (Wildman–Crippen MR) is 145 cm³/mol. The number of unbranched alkanes of at least 4 members (excludes halogenated alkanes) is 15. The van der Waals surface area contributed by atoms with Crippen molar-refractivity contribution in [2.75, 3.05) is 0 Å². The summed E-state index contributed by atoms with van der Waals surface area (Å²) in [4.78, 5) is 0. The lowest BCUT2D eigenvalue weighted by Gasteiger charge is -2.36. The molecule has 0 aromatic heterocycles. The van der Waals surface area contributed by atoms with Crippen LogP contribution < -0.4 is 5.73 Å². The van der Waals surface area contributed by atoms with E-state index in [0.29, 0.717) is 5.92 Å². The summed E-state index contributed by atoms with van der Waals surface area (Å²) in [5.41, 5.74) is 7.18. The molecule has 0 spiro atoms. The number of hydrogen-bond acceptors (Lipinski definition) is 1. The van der Waals surface area contributed by atoms with Crippen LogP contribution in [0.2, 0.25) is 0 Å². The molecule has 0 fully saturated rings. The molecule has 1 unspecified atom stereocenters. The number of nitrogens with two attached hydrogens (primary N) is 1. The fraction of sp³-hybridized carbons (Fsp3) is 1.00. The van der Waals surface area contributed by atoms with Gasteiger partial charge in [-0.25, -0.2) is 0 Å². The van der Waals surface area contributed by atoms with Crippen molar-refractivity contribution in [2.24, 2.45) is 11.7 Å². The Bertz CT molecular complexity index is 289. The highest BCUT2D eigenvalue weighted by Crippen LogP contribution is 2.31. The molecule has 0 rings (SSSR count). The van der Waals surface area contributed by atoms with Crippen LogP contribution in [0.15, 0.2) is 0 Å². The Morgan fingerprint density at radius 2 is 0.828 bits per heavy atom. The van der Waals surface area contributed by atoms with Crippen molar-refractivity contribution >= 4 is 24.0 Å². The average Bonchev–Trinajstić information content (AvgIpc) is 2.69. The molecule has 2 heteroatoms. The van der Waals surface area contributed by atoms with Gasteiger partial charge in [0.25, 0.3) is 0 Å². The van der Waals surface area contributed by atoms with Crippen molar-refractivity contribution < 1.29 is 0 Å². The van der Waals surface area contributed by atoms with E-state index in [1.165, 1.54) is 135 Å². The summed E-state index contributed by atoms with van der Waals surface area (Å²) in [7, 11) is 0. The minimum absolute atomic E-state index is 0. The maximum absolute atomic E-state index is 7.09. The maximum Gasteiger partial charge on any atom is 0.0180 e. The SMILES string of the molecule is CCCCCCCCC(C)C(N)(CCCCCCCC)CCCCCCCC.I. The van der Waals surface area contributed by atoms with Crippen LogP contribution >= 0.6 is 24.0 Å². The number of hydrogen-bond donors (Lipinski definition) is 1. The summed E-state index contributed by atoms with van der Waals surface area (Å²) in [6.07, 6.45) is 28.9. The Morgan fingerprint density at radius 3 is 1.21 bits per heavy atom. The van der Waals surface area contributed by atoms with Gasteiger partial charge in [-0.05, 0) is 25.2 Å². The monoisotopic (exact) mass is 523 g/mol. The van der Waals surface area contributed by atoms with Crippen molar-refractivity contribution in [3.63, 3.8) is 0 Å². The Hall–Kier alpha value is 0.690. The van der Waals surface area contributed by atoms with Gasteiger partial charge in [-0.15, -0.1) is 24.0 Å². The third-order valence-corrected chi connectivity index (χ3v) is 6.96. The zero-order valence-corrected chi connectivity index (χ0v) is 23.2. The molecule has 0 amide bonds. The lowest BCUT2D eigenvalue weighted by Crippen LogP contribution is -2.46. The van der Waals surface area contributed by atoms with Gasteiger partial charge in [0, 0.05) is 5.54 Å². The lowest BCUT2D eigenvalue weighted by molar-refractivity contribution is 0.220. The largest absolute Gasteiger partial charge is 0.325 e. The Morgan fingerprint density at radius 1 is 0.517 bits per heavy atom. The fourth-order valence-corrected chi connectivity index (χ4v) is 4.61. The van der Waals surface area contributed by atoms with Crippen LogP contribution in [0.25, 0.3) is 0 Å². The third-order valence-electron chi connectivity index (χ3n) is 6.96. The first-order valence-corrected chi connectivity index (χ1v) is 13.4. The molecule has 0 aromatic rings. The molecule has 178 valence electrons. The van der Waals surface area contributed by atoms with Crippen molar-refractivity contribution in [1.29, 1.82) is 0 Å². The van der Waals surface area contributed by atoms with Crippen LogP contribution in [0.4, 0.5) is 0 Å². The summed E-state index contributed by atoms with van der Waals surface area (Å²) in [6.45, 7) is 9.36. The van der Waals surface area contributed by atoms with Crippen LogP contribution in [-0.4, -0.2) is 5.54 Å². The highest BCUT2D eigenvalue weighted by molar-refractivity contribution is 14.0. The van der Waals surface area contributed by atoms with Crippen molar-refractivity contribution in [1.82, 2.24) is 0 Å². The van der Waals surface area contributed by atoms with Gasteiger partial charge in [0.1, 0.15) is 0 Å². The van der Waals surface area contributed by atoms with Crippen LogP contribution in [0, 0.1) is 5.92 Å². The van der Waals surface area contributed by atoms with Gasteiger partial charge < -0.3 is 5.73 Å². The second kappa shape index (κ2) is 23.4. The molecule has 0 aromatic carbocycles. The Balaban J connectivity index is 0. The first-order valence-electron chi connectivity index (χ1n) is 13.4. The number of halogens is 1. The van der Waals surface area contributed by atoms with E-state index >= 15 is 0 Å². The molecule has 1 nitrogen and oxygen atoms in total. The van der Waals surface area contributed by atoms with Gasteiger partial charge in [0.05, 0.1) is 0 Å². The van der Waals surface area contributed by atoms with Crippen LogP contribution in [0.3, 0.4) is 0 Å². The lowest BCUT2D eigenvalue weighted by atomic mass is 9.75. The van der Waals surface area contributed by atoms with E-state index in [2.05, 4.69) is 27.7 Å². The number of rotatable bonds is 22. The van der Waals surface area contributed by atoms with Gasteiger partial charge in [-0.3, -0.25) is 0 Å². The summed E-state index contributed by atoms with van der Waals surface area (Å²) in [5, 5.41) is 0. The Kier molecular flexibility index (Phi) is 25.7. The van der Waals surface area contributed by atoms with Gasteiger partial charge in [0.2, 0.25) is 0 Å². The molecule has 1 atom stereocenters. The minimum atomic E-state index is 0. The molecule has 0 aliphatic rings. The van der Waals surface area contributed by atoms with E-state index in [-0.39, 0.29) is 29.5 Å². The van der Waals surface area contributed by atoms with Gasteiger partial charge >= 0.3 is 0 Å². The molecule has 0 aliphatic heterocycles. The quantitative estimate of drug-likeness (QED) is 0.111. The maximum atomic E-state index is 7.09. The average molecular weight is 524 g/mol. The standard InChI is InChI=1S/C27H57N.HI/c1-5-8-11-14-17-20-23-26(4)27(28,24-21-18-15-12-9-6-2)25-22-19-16-13-10-7-3;/h26H,5-25,28H2,1-4H3;1H. The molecule has 0 radical (unpaired) electrons. The molecule has 29 heavy (non-hydrogen) atoms. The predicted octanol–water partition coefficient (Wildman–Crippen LogP) is 10.2. The van der Waals surface area contributed by atoms with E-state index in [4.69, 9.17) is 5.73 Å². The second-order valence-electron chi connectivity index (χ2n) is 9.73. The molecular weight excluding hydrogens is 465 g/mol. The smallest absolute Gasteiger partial charge is 0.0180 e. The van der Waals surface area contributed by atoms with Crippen molar-refractivity contribution in [3.8, 4) is 0 Å². The third kappa shape index (κ3) is 19.1. The van der Waals surface area contributed by atoms with E-state index in [1.807, 2.05) is 0 Å². The summed E-state index contributed by atoms with van der Waals surface area (Å²) in [5.74, 6) is 0.685. The first kappa shape index (κ1) is 31.9. The molecular formula is C27H58IN.